The zero-order chi connectivity index (χ0) is 14.9. The van der Waals surface area contributed by atoms with E-state index in [1.54, 1.807) is 18.2 Å². The van der Waals surface area contributed by atoms with Crippen molar-refractivity contribution in [3.63, 3.8) is 0 Å². The molecule has 21 heavy (non-hydrogen) atoms. The van der Waals surface area contributed by atoms with E-state index in [9.17, 15) is 8.42 Å². The van der Waals surface area contributed by atoms with Crippen LogP contribution >= 0.6 is 27.3 Å². The summed E-state index contributed by atoms with van der Waals surface area (Å²) in [6.07, 6.45) is -0.349. The number of thiophene rings is 1. The number of para-hydroxylation sites is 2. The second kappa shape index (κ2) is 5.96. The molecule has 2 aromatic rings. The molecule has 0 unspecified atom stereocenters. The Morgan fingerprint density at radius 2 is 2.00 bits per heavy atom. The van der Waals surface area contributed by atoms with Crippen molar-refractivity contribution in [3.05, 3.63) is 40.2 Å². The Balaban J connectivity index is 1.64. The molecule has 2 heterocycles. The van der Waals surface area contributed by atoms with E-state index in [0.29, 0.717) is 18.1 Å². The normalized spacial score (nSPS) is 17.7. The van der Waals surface area contributed by atoms with Crippen LogP contribution in [0.2, 0.25) is 0 Å². The fourth-order valence-electron chi connectivity index (χ4n) is 1.88. The maximum absolute atomic E-state index is 12.1. The number of hydrogen-bond acceptors (Lipinski definition) is 5. The second-order valence-corrected chi connectivity index (χ2v) is 8.86. The van der Waals surface area contributed by atoms with Crippen LogP contribution in [-0.4, -0.2) is 27.7 Å². The van der Waals surface area contributed by atoms with Crippen molar-refractivity contribution in [2.45, 2.75) is 10.3 Å². The lowest BCUT2D eigenvalue weighted by Gasteiger charge is -2.26. The molecule has 3 rings (SSSR count). The first-order valence-corrected chi connectivity index (χ1v) is 9.27. The van der Waals surface area contributed by atoms with Crippen molar-refractivity contribution < 1.29 is 17.9 Å². The average molecular weight is 390 g/mol. The summed E-state index contributed by atoms with van der Waals surface area (Å²) in [4.78, 5) is 0. The number of nitrogens with one attached hydrogen (secondary N) is 1. The number of halogens is 1. The highest BCUT2D eigenvalue weighted by Gasteiger charge is 2.24. The van der Waals surface area contributed by atoms with Gasteiger partial charge in [0.15, 0.2) is 11.5 Å². The van der Waals surface area contributed by atoms with Gasteiger partial charge < -0.3 is 9.47 Å². The van der Waals surface area contributed by atoms with Crippen molar-refractivity contribution in [2.24, 2.45) is 0 Å². The molecule has 0 fully saturated rings. The number of ether oxygens (including phenoxy) is 2. The molecule has 1 N–H and O–H groups in total. The summed E-state index contributed by atoms with van der Waals surface area (Å²) < 4.78 is 39.1. The van der Waals surface area contributed by atoms with E-state index in [1.807, 2.05) is 18.2 Å². The highest BCUT2D eigenvalue weighted by Crippen LogP contribution is 2.31. The van der Waals surface area contributed by atoms with Crippen LogP contribution in [0.25, 0.3) is 0 Å². The molecule has 0 radical (unpaired) electrons. The Labute approximate surface area is 135 Å². The molecule has 1 aromatic heterocycles. The number of benzene rings is 1. The first-order chi connectivity index (χ1) is 10.0. The van der Waals surface area contributed by atoms with Gasteiger partial charge in [-0.1, -0.05) is 12.1 Å². The minimum absolute atomic E-state index is 0.159. The third-order valence-electron chi connectivity index (χ3n) is 2.88. The minimum Gasteiger partial charge on any atom is -0.486 e. The third-order valence-corrected chi connectivity index (χ3v) is 6.42. The van der Waals surface area contributed by atoms with Crippen LogP contribution in [0.15, 0.2) is 44.4 Å². The maximum Gasteiger partial charge on any atom is 0.250 e. The molecule has 8 heteroatoms. The SMILES string of the molecule is O=S(=O)(NC[C@H]1COc2ccccc2O1)c1ccc(Br)s1. The van der Waals surface area contributed by atoms with E-state index in [-0.39, 0.29) is 16.9 Å². The summed E-state index contributed by atoms with van der Waals surface area (Å²) in [7, 11) is -3.51. The standard InChI is InChI=1S/C13H12BrNO4S2/c14-12-5-6-13(20-12)21(16,17)15-7-9-8-18-10-3-1-2-4-11(10)19-9/h1-6,9,15H,7-8H2/t9-/m0/s1. The van der Waals surface area contributed by atoms with Gasteiger partial charge in [0, 0.05) is 0 Å². The molecule has 0 amide bonds. The Morgan fingerprint density at radius 3 is 2.71 bits per heavy atom. The minimum atomic E-state index is -3.51. The highest BCUT2D eigenvalue weighted by atomic mass is 79.9. The zero-order valence-corrected chi connectivity index (χ0v) is 14.0. The number of fused-ring (bicyclic) bond motifs is 1. The summed E-state index contributed by atoms with van der Waals surface area (Å²) in [5, 5.41) is 0. The van der Waals surface area contributed by atoms with E-state index in [2.05, 4.69) is 20.7 Å². The largest absolute Gasteiger partial charge is 0.486 e. The van der Waals surface area contributed by atoms with Gasteiger partial charge in [-0.15, -0.1) is 11.3 Å². The van der Waals surface area contributed by atoms with Gasteiger partial charge in [-0.3, -0.25) is 0 Å². The van der Waals surface area contributed by atoms with Crippen molar-refractivity contribution in [2.75, 3.05) is 13.2 Å². The van der Waals surface area contributed by atoms with E-state index in [1.165, 1.54) is 0 Å². The van der Waals surface area contributed by atoms with Gasteiger partial charge >= 0.3 is 0 Å². The second-order valence-electron chi connectivity index (χ2n) is 4.41. The van der Waals surface area contributed by atoms with Crippen molar-refractivity contribution in [3.8, 4) is 11.5 Å². The van der Waals surface area contributed by atoms with Crippen molar-refractivity contribution in [1.82, 2.24) is 4.72 Å². The molecule has 5 nitrogen and oxygen atoms in total. The van der Waals surface area contributed by atoms with Crippen molar-refractivity contribution in [1.29, 1.82) is 0 Å². The topological polar surface area (TPSA) is 64.6 Å². The smallest absolute Gasteiger partial charge is 0.250 e. The first-order valence-electron chi connectivity index (χ1n) is 6.18. The molecular weight excluding hydrogens is 378 g/mol. The predicted octanol–water partition coefficient (Wildman–Crippen LogP) is 2.63. The van der Waals surface area contributed by atoms with Gasteiger partial charge in [0.2, 0.25) is 10.0 Å². The van der Waals surface area contributed by atoms with Crippen LogP contribution in [0.4, 0.5) is 0 Å². The van der Waals surface area contributed by atoms with Gasteiger partial charge in [-0.05, 0) is 40.2 Å². The molecule has 0 saturated heterocycles. The van der Waals surface area contributed by atoms with Crippen LogP contribution in [0.3, 0.4) is 0 Å². The monoisotopic (exact) mass is 389 g/mol. The summed E-state index contributed by atoms with van der Waals surface area (Å²) in [5.74, 6) is 1.31. The molecule has 0 saturated carbocycles. The fraction of sp³-hybridized carbons (Fsp3) is 0.231. The average Bonchev–Trinajstić information content (AvgIpc) is 2.92. The van der Waals surface area contributed by atoms with Gasteiger partial charge in [-0.25, -0.2) is 13.1 Å². The molecule has 1 atom stereocenters. The molecule has 1 aliphatic heterocycles. The fourth-order valence-corrected chi connectivity index (χ4v) is 5.00. The molecule has 0 spiro atoms. The number of sulfonamides is 1. The first kappa shape index (κ1) is 14.8. The Bertz CT molecular complexity index is 744. The third kappa shape index (κ3) is 3.39. The van der Waals surface area contributed by atoms with Gasteiger partial charge in [0.05, 0.1) is 10.3 Å². The van der Waals surface area contributed by atoms with E-state index >= 15 is 0 Å². The van der Waals surface area contributed by atoms with E-state index < -0.39 is 10.0 Å². The van der Waals surface area contributed by atoms with Gasteiger partial charge in [0.25, 0.3) is 0 Å². The van der Waals surface area contributed by atoms with Crippen LogP contribution in [0.1, 0.15) is 0 Å². The molecule has 0 aliphatic carbocycles. The lowest BCUT2D eigenvalue weighted by molar-refractivity contribution is 0.0943. The van der Waals surface area contributed by atoms with Gasteiger partial charge in [0.1, 0.15) is 16.9 Å². The molecule has 1 aromatic carbocycles. The Hall–Kier alpha value is -1.09. The van der Waals surface area contributed by atoms with Crippen LogP contribution in [0, 0.1) is 0 Å². The van der Waals surface area contributed by atoms with Crippen molar-refractivity contribution >= 4 is 37.3 Å². The summed E-state index contributed by atoms with van der Waals surface area (Å²) >= 11 is 4.42. The Kier molecular flexibility index (Phi) is 4.21. The molecule has 112 valence electrons. The highest BCUT2D eigenvalue weighted by molar-refractivity contribution is 9.11. The predicted molar refractivity (Wildman–Crippen MR) is 83.6 cm³/mol. The lowest BCUT2D eigenvalue weighted by Crippen LogP contribution is -2.40. The summed E-state index contributed by atoms with van der Waals surface area (Å²) in [6.45, 7) is 0.472. The Morgan fingerprint density at radius 1 is 1.24 bits per heavy atom. The quantitative estimate of drug-likeness (QED) is 0.872. The van der Waals surface area contributed by atoms with Crippen LogP contribution in [-0.2, 0) is 10.0 Å². The summed E-state index contributed by atoms with van der Waals surface area (Å²) in [6, 6.07) is 10.6. The maximum atomic E-state index is 12.1. The van der Waals surface area contributed by atoms with Crippen LogP contribution < -0.4 is 14.2 Å². The number of hydrogen-bond donors (Lipinski definition) is 1. The van der Waals surface area contributed by atoms with Crippen LogP contribution in [0.5, 0.6) is 11.5 Å². The summed E-state index contributed by atoms with van der Waals surface area (Å²) in [5.41, 5.74) is 0. The zero-order valence-electron chi connectivity index (χ0n) is 10.8. The molecule has 1 aliphatic rings. The van der Waals surface area contributed by atoms with E-state index in [4.69, 9.17) is 9.47 Å². The molecule has 0 bridgehead atoms. The van der Waals surface area contributed by atoms with E-state index in [0.717, 1.165) is 15.1 Å². The van der Waals surface area contributed by atoms with Gasteiger partial charge in [-0.2, -0.15) is 0 Å². The lowest BCUT2D eigenvalue weighted by atomic mass is 10.2. The number of rotatable bonds is 4. The molecular formula is C13H12BrNO4S2.